The molecule has 0 radical (unpaired) electrons. The molecular formula is C22H20BrF2N2O8P. The minimum absolute atomic E-state index is 0.0173. The number of amidine groups is 1. The molecule has 14 heteroatoms. The number of hydrogen-bond donors (Lipinski definition) is 2. The molecule has 192 valence electrons. The fourth-order valence-corrected chi connectivity index (χ4v) is 4.71. The molecule has 0 aromatic heterocycles. The van der Waals surface area contributed by atoms with E-state index >= 15 is 0 Å². The van der Waals surface area contributed by atoms with Gasteiger partial charge in [0, 0.05) is 15.6 Å². The van der Waals surface area contributed by atoms with E-state index in [9.17, 15) is 27.7 Å². The molecule has 1 unspecified atom stereocenters. The van der Waals surface area contributed by atoms with Crippen molar-refractivity contribution >= 4 is 47.2 Å². The van der Waals surface area contributed by atoms with Gasteiger partial charge in [0.25, 0.3) is 5.91 Å². The van der Waals surface area contributed by atoms with Crippen molar-refractivity contribution < 1.29 is 47.0 Å². The molecule has 1 amide bonds. The quantitative estimate of drug-likeness (QED) is 0.272. The SMILES string of the molecule is CCOC(=O)C1N=C(c2ccc(C(=O)OC)cc2)N(Cc2ccc(C(F)(F)P(=O)(O)O)c(Br)c2)C1=O. The molecule has 2 aromatic carbocycles. The van der Waals surface area contributed by atoms with Gasteiger partial charge < -0.3 is 19.3 Å². The average Bonchev–Trinajstić information content (AvgIpc) is 3.14. The van der Waals surface area contributed by atoms with Gasteiger partial charge in [-0.15, -0.1) is 0 Å². The normalized spacial score (nSPS) is 16.1. The number of halogens is 3. The molecule has 0 saturated heterocycles. The molecule has 0 fully saturated rings. The lowest BCUT2D eigenvalue weighted by Crippen LogP contribution is -2.38. The van der Waals surface area contributed by atoms with Crippen LogP contribution in [0.2, 0.25) is 0 Å². The van der Waals surface area contributed by atoms with Gasteiger partial charge in [0.15, 0.2) is 0 Å². The van der Waals surface area contributed by atoms with Gasteiger partial charge in [-0.1, -0.05) is 40.2 Å². The zero-order valence-electron chi connectivity index (χ0n) is 18.9. The number of benzene rings is 2. The Bertz CT molecular complexity index is 1280. The van der Waals surface area contributed by atoms with Gasteiger partial charge in [0.05, 0.1) is 25.8 Å². The van der Waals surface area contributed by atoms with Crippen molar-refractivity contribution in [3.63, 3.8) is 0 Å². The van der Waals surface area contributed by atoms with Crippen molar-refractivity contribution in [2.75, 3.05) is 13.7 Å². The number of amides is 1. The van der Waals surface area contributed by atoms with Crippen LogP contribution < -0.4 is 0 Å². The number of methoxy groups -OCH3 is 1. The number of esters is 2. The molecular weight excluding hydrogens is 569 g/mol. The Labute approximate surface area is 212 Å². The van der Waals surface area contributed by atoms with E-state index in [4.69, 9.17) is 14.5 Å². The second-order valence-electron chi connectivity index (χ2n) is 7.50. The van der Waals surface area contributed by atoms with Gasteiger partial charge >= 0.3 is 25.2 Å². The van der Waals surface area contributed by atoms with E-state index in [1.54, 1.807) is 6.92 Å². The zero-order chi connectivity index (χ0) is 26.8. The number of nitrogens with zero attached hydrogens (tertiary/aromatic N) is 2. The van der Waals surface area contributed by atoms with Gasteiger partial charge in [-0.25, -0.2) is 14.6 Å². The van der Waals surface area contributed by atoms with Crippen LogP contribution in [0.1, 0.15) is 34.0 Å². The van der Waals surface area contributed by atoms with Crippen LogP contribution in [0.25, 0.3) is 0 Å². The molecule has 0 bridgehead atoms. The number of hydrogen-bond acceptors (Lipinski definition) is 7. The monoisotopic (exact) mass is 588 g/mol. The molecule has 1 aliphatic heterocycles. The first-order valence-corrected chi connectivity index (χ1v) is 12.7. The molecule has 1 aliphatic rings. The van der Waals surface area contributed by atoms with E-state index in [2.05, 4.69) is 25.7 Å². The summed E-state index contributed by atoms with van der Waals surface area (Å²) in [6.07, 6.45) is 0. The molecule has 10 nitrogen and oxygen atoms in total. The van der Waals surface area contributed by atoms with Crippen LogP contribution in [0, 0.1) is 0 Å². The Kier molecular flexibility index (Phi) is 8.09. The predicted molar refractivity (Wildman–Crippen MR) is 125 cm³/mol. The van der Waals surface area contributed by atoms with Crippen LogP contribution in [0.4, 0.5) is 8.78 Å². The van der Waals surface area contributed by atoms with Gasteiger partial charge in [0.1, 0.15) is 5.84 Å². The number of alkyl halides is 2. The molecule has 3 rings (SSSR count). The van der Waals surface area contributed by atoms with Gasteiger partial charge in [0.2, 0.25) is 6.04 Å². The lowest BCUT2D eigenvalue weighted by molar-refractivity contribution is -0.148. The van der Waals surface area contributed by atoms with Crippen LogP contribution in [0.15, 0.2) is 51.9 Å². The fraction of sp³-hybridized carbons (Fsp3) is 0.273. The smallest absolute Gasteiger partial charge is 0.399 e. The summed E-state index contributed by atoms with van der Waals surface area (Å²) in [6.45, 7) is 1.37. The third-order valence-corrected chi connectivity index (χ3v) is 6.77. The number of rotatable bonds is 8. The first-order valence-electron chi connectivity index (χ1n) is 10.3. The van der Waals surface area contributed by atoms with Crippen LogP contribution in [-0.4, -0.2) is 58.1 Å². The average molecular weight is 589 g/mol. The highest BCUT2D eigenvalue weighted by molar-refractivity contribution is 9.10. The molecule has 2 N–H and O–H groups in total. The minimum atomic E-state index is -5.79. The maximum atomic E-state index is 14.2. The summed E-state index contributed by atoms with van der Waals surface area (Å²) in [5.74, 6) is -2.09. The van der Waals surface area contributed by atoms with Crippen molar-refractivity contribution in [2.24, 2.45) is 4.99 Å². The number of carbonyl (C=O) groups excluding carboxylic acids is 3. The topological polar surface area (TPSA) is 143 Å². The van der Waals surface area contributed by atoms with Crippen LogP contribution in [-0.2, 0) is 35.8 Å². The van der Waals surface area contributed by atoms with E-state index in [1.165, 1.54) is 43.5 Å². The van der Waals surface area contributed by atoms with Crippen LogP contribution in [0.5, 0.6) is 0 Å². The predicted octanol–water partition coefficient (Wildman–Crippen LogP) is 3.18. The summed E-state index contributed by atoms with van der Waals surface area (Å²) in [7, 11) is -4.57. The summed E-state index contributed by atoms with van der Waals surface area (Å²) in [4.78, 5) is 60.5. The maximum absolute atomic E-state index is 14.2. The lowest BCUT2D eigenvalue weighted by Gasteiger charge is -2.22. The number of aliphatic imine (C=N–C) groups is 1. The third kappa shape index (κ3) is 5.39. The van der Waals surface area contributed by atoms with Crippen molar-refractivity contribution in [2.45, 2.75) is 25.2 Å². The third-order valence-electron chi connectivity index (χ3n) is 5.15. The van der Waals surface area contributed by atoms with Gasteiger partial charge in [-0.05, 0) is 30.7 Å². The highest BCUT2D eigenvalue weighted by Crippen LogP contribution is 2.60. The Morgan fingerprint density at radius 2 is 1.83 bits per heavy atom. The van der Waals surface area contributed by atoms with E-state index in [0.29, 0.717) is 11.1 Å². The van der Waals surface area contributed by atoms with Gasteiger partial charge in [-0.3, -0.25) is 14.3 Å². The van der Waals surface area contributed by atoms with E-state index in [0.717, 1.165) is 11.0 Å². The Morgan fingerprint density at radius 3 is 2.36 bits per heavy atom. The highest BCUT2D eigenvalue weighted by Gasteiger charge is 2.51. The van der Waals surface area contributed by atoms with Crippen molar-refractivity contribution in [3.8, 4) is 0 Å². The number of ether oxygens (including phenoxy) is 2. The maximum Gasteiger partial charge on any atom is 0.399 e. The lowest BCUT2D eigenvalue weighted by atomic mass is 10.1. The van der Waals surface area contributed by atoms with E-state index in [1.807, 2.05) is 0 Å². The van der Waals surface area contributed by atoms with E-state index in [-0.39, 0.29) is 29.0 Å². The Balaban J connectivity index is 1.98. The summed E-state index contributed by atoms with van der Waals surface area (Å²) < 4.78 is 48.9. The second kappa shape index (κ2) is 10.6. The Morgan fingerprint density at radius 1 is 1.19 bits per heavy atom. The van der Waals surface area contributed by atoms with Crippen molar-refractivity contribution in [1.82, 2.24) is 4.90 Å². The molecule has 0 aliphatic carbocycles. The highest BCUT2D eigenvalue weighted by atomic mass is 79.9. The molecule has 1 atom stereocenters. The molecule has 0 saturated carbocycles. The minimum Gasteiger partial charge on any atom is -0.465 e. The molecule has 36 heavy (non-hydrogen) atoms. The standard InChI is InChI=1S/C22H20BrF2N2O8P/c1-3-35-21(30)17-19(28)27(18(26-17)13-5-7-14(8-6-13)20(29)34-2)11-12-4-9-15(16(23)10-12)22(24,25)36(31,32)33/h4-10,17H,3,11H2,1-2H3,(H2,31,32,33). The summed E-state index contributed by atoms with van der Waals surface area (Å²) in [5, 5.41) is 0. The Hall–Kier alpha value is -2.99. The molecule has 1 heterocycles. The molecule has 2 aromatic rings. The first-order chi connectivity index (χ1) is 16.8. The van der Waals surface area contributed by atoms with Crippen LogP contribution >= 0.6 is 23.5 Å². The van der Waals surface area contributed by atoms with Crippen molar-refractivity contribution in [1.29, 1.82) is 0 Å². The fourth-order valence-electron chi connectivity index (χ4n) is 3.37. The summed E-state index contributed by atoms with van der Waals surface area (Å²) in [6, 6.07) is 7.59. The largest absolute Gasteiger partial charge is 0.465 e. The summed E-state index contributed by atoms with van der Waals surface area (Å²) >= 11 is 2.91. The van der Waals surface area contributed by atoms with Crippen molar-refractivity contribution in [3.05, 3.63) is 69.2 Å². The number of carbonyl (C=O) groups is 3. The summed E-state index contributed by atoms with van der Waals surface area (Å²) in [5.41, 5.74) is -4.44. The zero-order valence-corrected chi connectivity index (χ0v) is 21.3. The van der Waals surface area contributed by atoms with E-state index < -0.39 is 42.7 Å². The molecule has 0 spiro atoms. The first kappa shape index (κ1) is 27.6. The second-order valence-corrected chi connectivity index (χ2v) is 10.0. The van der Waals surface area contributed by atoms with Crippen LogP contribution in [0.3, 0.4) is 0 Å². The van der Waals surface area contributed by atoms with Gasteiger partial charge in [-0.2, -0.15) is 8.78 Å².